The Bertz CT molecular complexity index is 948. The zero-order valence-electron chi connectivity index (χ0n) is 15.9. The summed E-state index contributed by atoms with van der Waals surface area (Å²) < 4.78 is 13.9. The molecule has 1 heterocycles. The van der Waals surface area contributed by atoms with Crippen LogP contribution in [0.1, 0.15) is 34.3 Å². The van der Waals surface area contributed by atoms with Gasteiger partial charge in [0.25, 0.3) is 5.91 Å². The number of phenolic OH excluding ortho intramolecular Hbond substituents is 1. The number of nitrogens with one attached hydrogen (secondary N) is 2. The van der Waals surface area contributed by atoms with Crippen molar-refractivity contribution in [1.29, 1.82) is 0 Å². The fraction of sp³-hybridized carbons (Fsp3) is 0.286. The van der Waals surface area contributed by atoms with Gasteiger partial charge in [-0.15, -0.1) is 0 Å². The summed E-state index contributed by atoms with van der Waals surface area (Å²) in [7, 11) is 1.49. The molecule has 1 atom stereocenters. The van der Waals surface area contributed by atoms with Crippen LogP contribution in [-0.4, -0.2) is 41.2 Å². The average molecular weight is 399 g/mol. The molecule has 0 aromatic heterocycles. The van der Waals surface area contributed by atoms with Crippen molar-refractivity contribution < 1.29 is 23.9 Å². The number of rotatable bonds is 8. The molecule has 0 fully saturated rings. The first-order valence-electron chi connectivity index (χ1n) is 9.25. The van der Waals surface area contributed by atoms with Gasteiger partial charge in [-0.25, -0.2) is 4.39 Å². The van der Waals surface area contributed by atoms with Crippen LogP contribution in [0.3, 0.4) is 0 Å². The predicted molar refractivity (Wildman–Crippen MR) is 105 cm³/mol. The Morgan fingerprint density at radius 3 is 2.86 bits per heavy atom. The van der Waals surface area contributed by atoms with Gasteiger partial charge in [-0.3, -0.25) is 9.59 Å². The quantitative estimate of drug-likeness (QED) is 0.591. The predicted octanol–water partition coefficient (Wildman–Crippen LogP) is 2.19. The molecule has 0 saturated heterocycles. The van der Waals surface area contributed by atoms with Crippen molar-refractivity contribution >= 4 is 23.8 Å². The van der Waals surface area contributed by atoms with Gasteiger partial charge in [-0.2, -0.15) is 0 Å². The van der Waals surface area contributed by atoms with Crippen molar-refractivity contribution in [1.82, 2.24) is 10.2 Å². The summed E-state index contributed by atoms with van der Waals surface area (Å²) in [6, 6.07) is 8.21. The van der Waals surface area contributed by atoms with Gasteiger partial charge in [-0.1, -0.05) is 6.07 Å². The number of hydrogen-bond acceptors (Lipinski definition) is 5. The smallest absolute Gasteiger partial charge is 0.255 e. The Morgan fingerprint density at radius 1 is 1.34 bits per heavy atom. The molecule has 2 amide bonds. The van der Waals surface area contributed by atoms with Crippen LogP contribution < -0.4 is 10.6 Å². The summed E-state index contributed by atoms with van der Waals surface area (Å²) in [5, 5.41) is 15.2. The minimum Gasteiger partial charge on any atom is -0.508 e. The number of benzene rings is 2. The van der Waals surface area contributed by atoms with E-state index in [0.29, 0.717) is 16.8 Å². The standard InChI is InChI=1S/C21H22FN3O4/c1-23-20(28)19(6-3-9-26)25-12-16-15(21(25)29)4-2-5-18(16)24-11-13-10-14(27)7-8-17(13)22/h2,4-5,7-10,19,24,27H,3,6,11-12H2,1H3,(H,23,28). The number of aromatic hydroxyl groups is 1. The Morgan fingerprint density at radius 2 is 2.14 bits per heavy atom. The first kappa shape index (κ1) is 20.3. The maximum absolute atomic E-state index is 13.9. The van der Waals surface area contributed by atoms with E-state index in [1.54, 1.807) is 18.2 Å². The third kappa shape index (κ3) is 4.21. The van der Waals surface area contributed by atoms with Crippen molar-refractivity contribution in [2.24, 2.45) is 0 Å². The number of halogens is 1. The average Bonchev–Trinajstić information content (AvgIpc) is 3.06. The van der Waals surface area contributed by atoms with Gasteiger partial charge >= 0.3 is 0 Å². The van der Waals surface area contributed by atoms with Crippen molar-refractivity contribution in [2.45, 2.75) is 32.0 Å². The Labute approximate surface area is 167 Å². The van der Waals surface area contributed by atoms with E-state index in [1.807, 2.05) is 0 Å². The van der Waals surface area contributed by atoms with Gasteiger partial charge < -0.3 is 25.4 Å². The molecule has 0 saturated carbocycles. The summed E-state index contributed by atoms with van der Waals surface area (Å²) in [4.78, 5) is 37.4. The van der Waals surface area contributed by atoms with Crippen LogP contribution in [0.5, 0.6) is 5.75 Å². The maximum Gasteiger partial charge on any atom is 0.255 e. The molecule has 0 aliphatic carbocycles. The molecule has 7 nitrogen and oxygen atoms in total. The minimum absolute atomic E-state index is 0.0357. The lowest BCUT2D eigenvalue weighted by atomic mass is 10.1. The number of likely N-dealkylation sites (N-methyl/N-ethyl adjacent to an activating group) is 1. The molecule has 3 N–H and O–H groups in total. The molecule has 1 unspecified atom stereocenters. The molecular formula is C21H22FN3O4. The van der Waals surface area contributed by atoms with Crippen LogP contribution in [0.15, 0.2) is 36.4 Å². The van der Waals surface area contributed by atoms with E-state index in [2.05, 4.69) is 10.6 Å². The summed E-state index contributed by atoms with van der Waals surface area (Å²) in [6.07, 6.45) is 1.13. The third-order valence-electron chi connectivity index (χ3n) is 4.98. The molecule has 2 aromatic rings. The van der Waals surface area contributed by atoms with Gasteiger partial charge in [0.15, 0.2) is 0 Å². The number of phenols is 1. The van der Waals surface area contributed by atoms with Gasteiger partial charge in [-0.05, 0) is 36.8 Å². The summed E-state index contributed by atoms with van der Waals surface area (Å²) in [5.74, 6) is -1.10. The second-order valence-corrected chi connectivity index (χ2v) is 6.77. The molecule has 2 aromatic carbocycles. The molecule has 0 spiro atoms. The minimum atomic E-state index is -0.749. The van der Waals surface area contributed by atoms with Gasteiger partial charge in [0, 0.05) is 48.9 Å². The number of hydrogen-bond donors (Lipinski definition) is 3. The van der Waals surface area contributed by atoms with Crippen LogP contribution in [0.4, 0.5) is 10.1 Å². The highest BCUT2D eigenvalue weighted by molar-refractivity contribution is 6.02. The van der Waals surface area contributed by atoms with Gasteiger partial charge in [0.2, 0.25) is 5.91 Å². The summed E-state index contributed by atoms with van der Waals surface area (Å²) in [6.45, 7) is 0.325. The van der Waals surface area contributed by atoms with E-state index in [4.69, 9.17) is 0 Å². The number of carbonyl (C=O) groups excluding carboxylic acids is 3. The lowest BCUT2D eigenvalue weighted by Crippen LogP contribution is -2.46. The number of amides is 2. The normalized spacial score (nSPS) is 13.7. The fourth-order valence-corrected chi connectivity index (χ4v) is 3.48. The van der Waals surface area contributed by atoms with E-state index in [1.165, 1.54) is 30.1 Å². The highest BCUT2D eigenvalue weighted by atomic mass is 19.1. The third-order valence-corrected chi connectivity index (χ3v) is 4.98. The SMILES string of the molecule is CNC(=O)C(CCC=O)N1Cc2c(NCc3cc(O)ccc3F)cccc2C1=O. The van der Waals surface area contributed by atoms with E-state index >= 15 is 0 Å². The Balaban J connectivity index is 1.83. The summed E-state index contributed by atoms with van der Waals surface area (Å²) >= 11 is 0. The van der Waals surface area contributed by atoms with Gasteiger partial charge in [0.1, 0.15) is 23.9 Å². The largest absolute Gasteiger partial charge is 0.508 e. The number of anilines is 1. The molecule has 0 radical (unpaired) electrons. The lowest BCUT2D eigenvalue weighted by molar-refractivity contribution is -0.125. The lowest BCUT2D eigenvalue weighted by Gasteiger charge is -2.25. The van der Waals surface area contributed by atoms with E-state index in [9.17, 15) is 23.9 Å². The van der Waals surface area contributed by atoms with Gasteiger partial charge in [0.05, 0.1) is 0 Å². The topological polar surface area (TPSA) is 98.7 Å². The van der Waals surface area contributed by atoms with Crippen molar-refractivity contribution in [3.8, 4) is 5.75 Å². The molecule has 1 aliphatic rings. The number of nitrogens with zero attached hydrogens (tertiary/aromatic N) is 1. The molecule has 8 heteroatoms. The van der Waals surface area contributed by atoms with E-state index in [-0.39, 0.29) is 49.1 Å². The fourth-order valence-electron chi connectivity index (χ4n) is 3.48. The van der Waals surface area contributed by atoms with Crippen LogP contribution >= 0.6 is 0 Å². The molecule has 3 rings (SSSR count). The van der Waals surface area contributed by atoms with Crippen LogP contribution in [0, 0.1) is 5.82 Å². The highest BCUT2D eigenvalue weighted by Crippen LogP contribution is 2.32. The van der Waals surface area contributed by atoms with Crippen molar-refractivity contribution in [2.75, 3.05) is 12.4 Å². The molecule has 1 aliphatic heterocycles. The number of carbonyl (C=O) groups is 3. The van der Waals surface area contributed by atoms with Crippen LogP contribution in [0.25, 0.3) is 0 Å². The van der Waals surface area contributed by atoms with Crippen LogP contribution in [-0.2, 0) is 22.7 Å². The second-order valence-electron chi connectivity index (χ2n) is 6.77. The first-order valence-corrected chi connectivity index (χ1v) is 9.25. The molecular weight excluding hydrogens is 377 g/mol. The Hall–Kier alpha value is -3.42. The van der Waals surface area contributed by atoms with Crippen molar-refractivity contribution in [3.05, 3.63) is 58.9 Å². The van der Waals surface area contributed by atoms with Crippen LogP contribution in [0.2, 0.25) is 0 Å². The molecule has 152 valence electrons. The zero-order chi connectivity index (χ0) is 21.0. The van der Waals surface area contributed by atoms with Crippen molar-refractivity contribution in [3.63, 3.8) is 0 Å². The Kier molecular flexibility index (Phi) is 6.11. The monoisotopic (exact) mass is 399 g/mol. The molecule has 29 heavy (non-hydrogen) atoms. The summed E-state index contributed by atoms with van der Waals surface area (Å²) in [5.41, 5.74) is 2.11. The second kappa shape index (κ2) is 8.72. The molecule has 0 bridgehead atoms. The maximum atomic E-state index is 13.9. The number of aldehydes is 1. The zero-order valence-corrected chi connectivity index (χ0v) is 15.9. The first-order chi connectivity index (χ1) is 14.0. The highest BCUT2D eigenvalue weighted by Gasteiger charge is 2.36. The number of fused-ring (bicyclic) bond motifs is 1. The van der Waals surface area contributed by atoms with E-state index in [0.717, 1.165) is 6.29 Å². The van der Waals surface area contributed by atoms with E-state index < -0.39 is 11.9 Å².